The fourth-order valence-electron chi connectivity index (χ4n) is 3.19. The molecule has 3 heteroatoms. The van der Waals surface area contributed by atoms with E-state index in [4.69, 9.17) is 5.73 Å². The van der Waals surface area contributed by atoms with Gasteiger partial charge in [0.25, 0.3) is 0 Å². The van der Waals surface area contributed by atoms with Crippen molar-refractivity contribution in [2.24, 2.45) is 11.7 Å². The molecular formula is C16H27N3. The molecule has 19 heavy (non-hydrogen) atoms. The van der Waals surface area contributed by atoms with Crippen molar-refractivity contribution in [3.63, 3.8) is 0 Å². The zero-order valence-corrected chi connectivity index (χ0v) is 12.5. The number of benzene rings is 1. The van der Waals surface area contributed by atoms with Gasteiger partial charge in [0.1, 0.15) is 0 Å². The zero-order valence-electron chi connectivity index (χ0n) is 12.5. The lowest BCUT2D eigenvalue weighted by Crippen LogP contribution is -2.46. The van der Waals surface area contributed by atoms with Crippen molar-refractivity contribution in [2.45, 2.75) is 26.3 Å². The van der Waals surface area contributed by atoms with Crippen molar-refractivity contribution in [1.29, 1.82) is 0 Å². The molecule has 1 aliphatic heterocycles. The molecule has 0 amide bonds. The monoisotopic (exact) mass is 261 g/mol. The molecule has 2 unspecified atom stereocenters. The summed E-state index contributed by atoms with van der Waals surface area (Å²) in [5.41, 5.74) is 8.84. The second-order valence-corrected chi connectivity index (χ2v) is 5.85. The second kappa shape index (κ2) is 6.40. The molecule has 2 N–H and O–H groups in total. The van der Waals surface area contributed by atoms with Gasteiger partial charge in [-0.3, -0.25) is 0 Å². The molecule has 0 aromatic heterocycles. The number of likely N-dealkylation sites (N-methyl/N-ethyl adjacent to an activating group) is 1. The number of para-hydroxylation sites is 1. The first kappa shape index (κ1) is 14.4. The van der Waals surface area contributed by atoms with Crippen LogP contribution in [0.2, 0.25) is 0 Å². The van der Waals surface area contributed by atoms with Gasteiger partial charge in [0, 0.05) is 31.9 Å². The summed E-state index contributed by atoms with van der Waals surface area (Å²) in [6.45, 7) is 8.58. The van der Waals surface area contributed by atoms with Gasteiger partial charge in [0.2, 0.25) is 0 Å². The van der Waals surface area contributed by atoms with Gasteiger partial charge < -0.3 is 15.5 Å². The van der Waals surface area contributed by atoms with Crippen LogP contribution in [0.25, 0.3) is 0 Å². The van der Waals surface area contributed by atoms with Crippen LogP contribution in [-0.4, -0.2) is 44.2 Å². The quantitative estimate of drug-likeness (QED) is 0.903. The molecule has 1 aromatic carbocycles. The standard InChI is InChI=1S/C16H27N3/c1-4-14-7-5-6-8-16(14)19-11-13(2)10-18(3)12-15(19)9-17/h5-8,13,15H,4,9-12,17H2,1-3H3. The Kier molecular flexibility index (Phi) is 4.83. The Morgan fingerprint density at radius 1 is 1.21 bits per heavy atom. The summed E-state index contributed by atoms with van der Waals surface area (Å²) in [5.74, 6) is 0.673. The maximum absolute atomic E-state index is 6.03. The molecule has 3 nitrogen and oxygen atoms in total. The van der Waals surface area contributed by atoms with Crippen LogP contribution in [0.15, 0.2) is 24.3 Å². The predicted molar refractivity (Wildman–Crippen MR) is 82.7 cm³/mol. The van der Waals surface area contributed by atoms with Crippen LogP contribution in [-0.2, 0) is 6.42 Å². The minimum Gasteiger partial charge on any atom is -0.365 e. The molecule has 106 valence electrons. The average molecular weight is 261 g/mol. The number of hydrogen-bond acceptors (Lipinski definition) is 3. The van der Waals surface area contributed by atoms with Crippen molar-refractivity contribution in [2.75, 3.05) is 38.1 Å². The third kappa shape index (κ3) is 3.28. The summed E-state index contributed by atoms with van der Waals surface area (Å²) in [5, 5.41) is 0. The van der Waals surface area contributed by atoms with Crippen molar-refractivity contribution < 1.29 is 0 Å². The van der Waals surface area contributed by atoms with Gasteiger partial charge in [0.05, 0.1) is 6.04 Å². The van der Waals surface area contributed by atoms with Gasteiger partial charge in [0.15, 0.2) is 0 Å². The summed E-state index contributed by atoms with van der Waals surface area (Å²) in [4.78, 5) is 4.95. The predicted octanol–water partition coefficient (Wildman–Crippen LogP) is 1.96. The lowest BCUT2D eigenvalue weighted by atomic mass is 10.1. The topological polar surface area (TPSA) is 32.5 Å². The highest BCUT2D eigenvalue weighted by Crippen LogP contribution is 2.26. The Morgan fingerprint density at radius 3 is 2.63 bits per heavy atom. The van der Waals surface area contributed by atoms with Gasteiger partial charge in [-0.1, -0.05) is 32.0 Å². The molecule has 1 aliphatic rings. The summed E-state index contributed by atoms with van der Waals surface area (Å²) in [6.07, 6.45) is 1.08. The molecule has 1 heterocycles. The van der Waals surface area contributed by atoms with Gasteiger partial charge in [-0.15, -0.1) is 0 Å². The van der Waals surface area contributed by atoms with Crippen LogP contribution in [0.4, 0.5) is 5.69 Å². The van der Waals surface area contributed by atoms with E-state index in [2.05, 4.69) is 55.0 Å². The lowest BCUT2D eigenvalue weighted by molar-refractivity contribution is 0.304. The fourth-order valence-corrected chi connectivity index (χ4v) is 3.19. The second-order valence-electron chi connectivity index (χ2n) is 5.85. The molecule has 0 spiro atoms. The van der Waals surface area contributed by atoms with Gasteiger partial charge in [-0.05, 0) is 31.0 Å². The summed E-state index contributed by atoms with van der Waals surface area (Å²) in [7, 11) is 2.20. The van der Waals surface area contributed by atoms with Crippen molar-refractivity contribution >= 4 is 5.69 Å². The van der Waals surface area contributed by atoms with Crippen LogP contribution >= 0.6 is 0 Å². The van der Waals surface area contributed by atoms with Crippen molar-refractivity contribution in [3.8, 4) is 0 Å². The smallest absolute Gasteiger partial charge is 0.0539 e. The number of nitrogens with two attached hydrogens (primary N) is 1. The van der Waals surface area contributed by atoms with Crippen LogP contribution < -0.4 is 10.6 Å². The normalized spacial score (nSPS) is 25.4. The first-order valence-corrected chi connectivity index (χ1v) is 7.38. The van der Waals surface area contributed by atoms with Crippen LogP contribution in [0.1, 0.15) is 19.4 Å². The van der Waals surface area contributed by atoms with E-state index in [1.165, 1.54) is 11.3 Å². The number of aryl methyl sites for hydroxylation is 1. The maximum Gasteiger partial charge on any atom is 0.0539 e. The largest absolute Gasteiger partial charge is 0.365 e. The average Bonchev–Trinajstić information content (AvgIpc) is 2.56. The Hall–Kier alpha value is -1.06. The van der Waals surface area contributed by atoms with Crippen LogP contribution in [0, 0.1) is 5.92 Å². The molecule has 1 fully saturated rings. The van der Waals surface area contributed by atoms with Crippen LogP contribution in [0.5, 0.6) is 0 Å². The van der Waals surface area contributed by atoms with Gasteiger partial charge >= 0.3 is 0 Å². The first-order chi connectivity index (χ1) is 9.15. The van der Waals surface area contributed by atoms with Crippen molar-refractivity contribution in [3.05, 3.63) is 29.8 Å². The van der Waals surface area contributed by atoms with E-state index in [9.17, 15) is 0 Å². The number of nitrogens with zero attached hydrogens (tertiary/aromatic N) is 2. The Labute approximate surface area is 117 Å². The SMILES string of the molecule is CCc1ccccc1N1CC(C)CN(C)CC1CN. The van der Waals surface area contributed by atoms with Crippen molar-refractivity contribution in [1.82, 2.24) is 4.90 Å². The molecule has 0 radical (unpaired) electrons. The first-order valence-electron chi connectivity index (χ1n) is 7.38. The van der Waals surface area contributed by atoms with E-state index in [0.29, 0.717) is 12.0 Å². The minimum atomic E-state index is 0.419. The highest BCUT2D eigenvalue weighted by atomic mass is 15.2. The van der Waals surface area contributed by atoms with E-state index >= 15 is 0 Å². The molecular weight excluding hydrogens is 234 g/mol. The number of hydrogen-bond donors (Lipinski definition) is 1. The Balaban J connectivity index is 2.33. The van der Waals surface area contributed by atoms with E-state index in [0.717, 1.165) is 32.6 Å². The highest BCUT2D eigenvalue weighted by Gasteiger charge is 2.26. The van der Waals surface area contributed by atoms with Gasteiger partial charge in [-0.25, -0.2) is 0 Å². The highest BCUT2D eigenvalue weighted by molar-refractivity contribution is 5.55. The van der Waals surface area contributed by atoms with Crippen LogP contribution in [0.3, 0.4) is 0 Å². The molecule has 0 bridgehead atoms. The third-order valence-electron chi connectivity index (χ3n) is 4.05. The molecule has 0 aliphatic carbocycles. The molecule has 2 rings (SSSR count). The van der Waals surface area contributed by atoms with E-state index in [1.54, 1.807) is 0 Å². The number of anilines is 1. The molecule has 2 atom stereocenters. The summed E-state index contributed by atoms with van der Waals surface area (Å²) < 4.78 is 0. The maximum atomic E-state index is 6.03. The Bertz CT molecular complexity index is 405. The zero-order chi connectivity index (χ0) is 13.8. The fraction of sp³-hybridized carbons (Fsp3) is 0.625. The van der Waals surface area contributed by atoms with E-state index in [-0.39, 0.29) is 0 Å². The van der Waals surface area contributed by atoms with E-state index in [1.807, 2.05) is 0 Å². The molecule has 1 aromatic rings. The Morgan fingerprint density at radius 2 is 1.95 bits per heavy atom. The summed E-state index contributed by atoms with van der Waals surface area (Å²) >= 11 is 0. The number of rotatable bonds is 3. The third-order valence-corrected chi connectivity index (χ3v) is 4.05. The summed E-state index contributed by atoms with van der Waals surface area (Å²) in [6, 6.07) is 9.18. The minimum absolute atomic E-state index is 0.419. The van der Waals surface area contributed by atoms with Gasteiger partial charge in [-0.2, -0.15) is 0 Å². The molecule has 1 saturated heterocycles. The molecule has 0 saturated carbocycles. The lowest BCUT2D eigenvalue weighted by Gasteiger charge is -2.34. The van der Waals surface area contributed by atoms with E-state index < -0.39 is 0 Å².